The number of fused-ring (bicyclic) bond motifs is 1. The lowest BCUT2D eigenvalue weighted by Crippen LogP contribution is -1.96. The molecule has 0 unspecified atom stereocenters. The topological polar surface area (TPSA) is 43.4 Å². The Kier molecular flexibility index (Phi) is 4.14. The van der Waals surface area contributed by atoms with Gasteiger partial charge in [0.15, 0.2) is 5.13 Å². The molecule has 0 aliphatic heterocycles. The Morgan fingerprint density at radius 3 is 2.56 bits per heavy atom. The van der Waals surface area contributed by atoms with Gasteiger partial charge >= 0.3 is 0 Å². The molecule has 0 bridgehead atoms. The predicted molar refractivity (Wildman–Crippen MR) is 76.5 cm³/mol. The van der Waals surface area contributed by atoms with Crippen molar-refractivity contribution in [2.75, 3.05) is 25.6 Å². The normalized spacial score (nSPS) is 10.7. The number of halogens is 1. The molecule has 6 heteroatoms. The van der Waals surface area contributed by atoms with Crippen molar-refractivity contribution in [2.24, 2.45) is 0 Å². The third-order valence-corrected chi connectivity index (χ3v) is 3.93. The van der Waals surface area contributed by atoms with Crippen molar-refractivity contribution >= 4 is 38.3 Å². The summed E-state index contributed by atoms with van der Waals surface area (Å²) >= 11 is 7.81. The molecule has 1 heterocycles. The van der Waals surface area contributed by atoms with Crippen LogP contribution in [0.15, 0.2) is 6.07 Å². The fraction of sp³-hybridized carbons (Fsp3) is 0.417. The number of hydrogen-bond acceptors (Lipinski definition) is 5. The first-order valence-corrected chi connectivity index (χ1v) is 6.97. The summed E-state index contributed by atoms with van der Waals surface area (Å²) in [5, 5.41) is 4.42. The van der Waals surface area contributed by atoms with Gasteiger partial charge in [-0.2, -0.15) is 0 Å². The van der Waals surface area contributed by atoms with E-state index in [9.17, 15) is 0 Å². The highest BCUT2D eigenvalue weighted by Crippen LogP contribution is 2.43. The second-order valence-corrected chi connectivity index (χ2v) is 4.88. The van der Waals surface area contributed by atoms with Gasteiger partial charge in [0.25, 0.3) is 0 Å². The van der Waals surface area contributed by atoms with E-state index in [1.807, 2.05) is 20.9 Å². The van der Waals surface area contributed by atoms with E-state index in [-0.39, 0.29) is 0 Å². The van der Waals surface area contributed by atoms with Crippen molar-refractivity contribution in [2.45, 2.75) is 13.8 Å². The Hall–Kier alpha value is -1.20. The molecule has 0 fully saturated rings. The number of aromatic nitrogens is 1. The molecule has 2 rings (SSSR count). The van der Waals surface area contributed by atoms with E-state index in [1.54, 1.807) is 6.07 Å². The SMILES string of the molecule is CCOc1cc(OCC)c2nc(NC)sc2c1Cl. The second kappa shape index (κ2) is 5.63. The Bertz CT molecular complexity index is 556. The maximum absolute atomic E-state index is 6.32. The lowest BCUT2D eigenvalue weighted by Gasteiger charge is -2.10. The van der Waals surface area contributed by atoms with Gasteiger partial charge in [-0.15, -0.1) is 0 Å². The van der Waals surface area contributed by atoms with Crippen molar-refractivity contribution < 1.29 is 9.47 Å². The Balaban J connectivity index is 2.64. The van der Waals surface area contributed by atoms with Crippen LogP contribution in [-0.2, 0) is 0 Å². The average Bonchev–Trinajstić information content (AvgIpc) is 2.80. The van der Waals surface area contributed by atoms with Gasteiger partial charge in [-0.05, 0) is 13.8 Å². The van der Waals surface area contributed by atoms with Gasteiger partial charge < -0.3 is 14.8 Å². The van der Waals surface area contributed by atoms with Crippen LogP contribution < -0.4 is 14.8 Å². The van der Waals surface area contributed by atoms with E-state index in [4.69, 9.17) is 21.1 Å². The molecule has 4 nitrogen and oxygen atoms in total. The first kappa shape index (κ1) is 13.2. The van der Waals surface area contributed by atoms with Crippen molar-refractivity contribution in [3.63, 3.8) is 0 Å². The summed E-state index contributed by atoms with van der Waals surface area (Å²) in [6.45, 7) is 5.00. The highest BCUT2D eigenvalue weighted by Gasteiger charge is 2.17. The molecule has 0 spiro atoms. The second-order valence-electron chi connectivity index (χ2n) is 3.50. The molecule has 98 valence electrons. The Labute approximate surface area is 115 Å². The smallest absolute Gasteiger partial charge is 0.183 e. The van der Waals surface area contributed by atoms with Crippen molar-refractivity contribution in [3.8, 4) is 11.5 Å². The first-order valence-electron chi connectivity index (χ1n) is 5.77. The molecule has 0 saturated heterocycles. The summed E-state index contributed by atoms with van der Waals surface area (Å²) in [6.07, 6.45) is 0. The summed E-state index contributed by atoms with van der Waals surface area (Å²) < 4.78 is 12.0. The van der Waals surface area contributed by atoms with Gasteiger partial charge in [-0.1, -0.05) is 22.9 Å². The van der Waals surface area contributed by atoms with Crippen LogP contribution in [0.25, 0.3) is 10.2 Å². The number of rotatable bonds is 5. The van der Waals surface area contributed by atoms with Crippen LogP contribution in [0.2, 0.25) is 5.02 Å². The maximum atomic E-state index is 6.32. The lowest BCUT2D eigenvalue weighted by atomic mass is 10.3. The quantitative estimate of drug-likeness (QED) is 0.908. The lowest BCUT2D eigenvalue weighted by molar-refractivity contribution is 0.326. The largest absolute Gasteiger partial charge is 0.492 e. The van der Waals surface area contributed by atoms with Gasteiger partial charge in [0.05, 0.1) is 17.9 Å². The van der Waals surface area contributed by atoms with Gasteiger partial charge in [0.2, 0.25) is 0 Å². The molecule has 2 aromatic rings. The molecule has 0 amide bonds. The molecule has 1 N–H and O–H groups in total. The van der Waals surface area contributed by atoms with Crippen molar-refractivity contribution in [1.29, 1.82) is 0 Å². The number of anilines is 1. The Morgan fingerprint density at radius 2 is 1.94 bits per heavy atom. The molecule has 0 aliphatic rings. The van der Waals surface area contributed by atoms with Gasteiger partial charge in [0.1, 0.15) is 22.0 Å². The summed E-state index contributed by atoms with van der Waals surface area (Å²) in [6, 6.07) is 1.80. The first-order chi connectivity index (χ1) is 8.71. The molecular weight excluding hydrogens is 272 g/mol. The van der Waals surface area contributed by atoms with E-state index in [2.05, 4.69) is 10.3 Å². The highest BCUT2D eigenvalue weighted by molar-refractivity contribution is 7.22. The molecule has 1 aromatic heterocycles. The summed E-state index contributed by atoms with van der Waals surface area (Å²) in [4.78, 5) is 4.45. The average molecular weight is 287 g/mol. The van der Waals surface area contributed by atoms with Gasteiger partial charge in [-0.3, -0.25) is 0 Å². The summed E-state index contributed by atoms with van der Waals surface area (Å²) in [5.74, 6) is 1.35. The van der Waals surface area contributed by atoms with Crippen LogP contribution in [0.4, 0.5) is 5.13 Å². The van der Waals surface area contributed by atoms with E-state index < -0.39 is 0 Å². The third-order valence-electron chi connectivity index (χ3n) is 2.35. The van der Waals surface area contributed by atoms with Crippen LogP contribution in [0.5, 0.6) is 11.5 Å². The van der Waals surface area contributed by atoms with E-state index in [1.165, 1.54) is 11.3 Å². The number of thiazole rings is 1. The number of nitrogens with zero attached hydrogens (tertiary/aromatic N) is 1. The highest BCUT2D eigenvalue weighted by atomic mass is 35.5. The molecule has 0 saturated carbocycles. The van der Waals surface area contributed by atoms with Gasteiger partial charge in [-0.25, -0.2) is 4.98 Å². The third kappa shape index (κ3) is 2.33. The van der Waals surface area contributed by atoms with Crippen molar-refractivity contribution in [3.05, 3.63) is 11.1 Å². The standard InChI is InChI=1S/C12H15ClN2O2S/c1-4-16-7-6-8(17-5-2)10-11(9(7)13)18-12(14-3)15-10/h6H,4-5H2,1-3H3,(H,14,15). The van der Waals surface area contributed by atoms with Crippen LogP contribution in [0.3, 0.4) is 0 Å². The minimum absolute atomic E-state index is 0.564. The van der Waals surface area contributed by atoms with Crippen LogP contribution in [-0.4, -0.2) is 25.2 Å². The monoisotopic (exact) mass is 286 g/mol. The predicted octanol–water partition coefficient (Wildman–Crippen LogP) is 3.79. The molecule has 0 radical (unpaired) electrons. The van der Waals surface area contributed by atoms with E-state index in [0.717, 1.165) is 15.3 Å². The van der Waals surface area contributed by atoms with Gasteiger partial charge in [0, 0.05) is 13.1 Å². The van der Waals surface area contributed by atoms with Crippen LogP contribution in [0, 0.1) is 0 Å². The molecule has 18 heavy (non-hydrogen) atoms. The van der Waals surface area contributed by atoms with Crippen molar-refractivity contribution in [1.82, 2.24) is 4.98 Å². The minimum Gasteiger partial charge on any atom is -0.492 e. The number of benzene rings is 1. The minimum atomic E-state index is 0.564. The fourth-order valence-electron chi connectivity index (χ4n) is 1.63. The zero-order valence-electron chi connectivity index (χ0n) is 10.5. The maximum Gasteiger partial charge on any atom is 0.183 e. The molecule has 1 aromatic carbocycles. The number of nitrogens with one attached hydrogen (secondary N) is 1. The van der Waals surface area contributed by atoms with E-state index in [0.29, 0.717) is 29.7 Å². The Morgan fingerprint density at radius 1 is 1.28 bits per heavy atom. The zero-order chi connectivity index (χ0) is 13.1. The van der Waals surface area contributed by atoms with Crippen LogP contribution >= 0.6 is 22.9 Å². The zero-order valence-corrected chi connectivity index (χ0v) is 12.1. The summed E-state index contributed by atoms with van der Waals surface area (Å²) in [5.41, 5.74) is 0.777. The fourth-order valence-corrected chi connectivity index (χ4v) is 2.81. The molecular formula is C12H15ClN2O2S. The number of hydrogen-bond donors (Lipinski definition) is 1. The summed E-state index contributed by atoms with van der Waals surface area (Å²) in [7, 11) is 1.83. The molecule has 0 aliphatic carbocycles. The van der Waals surface area contributed by atoms with E-state index >= 15 is 0 Å². The van der Waals surface area contributed by atoms with Crippen LogP contribution in [0.1, 0.15) is 13.8 Å². The number of ether oxygens (including phenoxy) is 2. The molecule has 0 atom stereocenters.